The second-order valence-corrected chi connectivity index (χ2v) is 6.92. The van der Waals surface area contributed by atoms with E-state index in [1.54, 1.807) is 0 Å². The number of hydrogen-bond acceptors (Lipinski definition) is 2. The molecule has 2 nitrogen and oxygen atoms in total. The van der Waals surface area contributed by atoms with E-state index in [4.69, 9.17) is 4.74 Å². The van der Waals surface area contributed by atoms with Gasteiger partial charge in [-0.2, -0.15) is 0 Å². The smallest absolute Gasteiger partial charge is 0.0812 e. The Balaban J connectivity index is 1.72. The Labute approximate surface area is 105 Å². The number of aliphatic hydroxyl groups is 1. The van der Waals surface area contributed by atoms with Crippen LogP contribution in [0.15, 0.2) is 0 Å². The normalized spacial score (nSPS) is 51.0. The Morgan fingerprint density at radius 3 is 2.82 bits per heavy atom. The van der Waals surface area contributed by atoms with Crippen molar-refractivity contribution in [3.05, 3.63) is 0 Å². The summed E-state index contributed by atoms with van der Waals surface area (Å²) in [6.45, 7) is 5.84. The third kappa shape index (κ3) is 2.04. The number of fused-ring (bicyclic) bond motifs is 1. The molecule has 0 aromatic rings. The molecule has 0 radical (unpaired) electrons. The van der Waals surface area contributed by atoms with E-state index in [2.05, 4.69) is 13.8 Å². The van der Waals surface area contributed by atoms with Crippen LogP contribution in [0.3, 0.4) is 0 Å². The third-order valence-corrected chi connectivity index (χ3v) is 5.89. The zero-order valence-corrected chi connectivity index (χ0v) is 11.2. The largest absolute Gasteiger partial charge is 0.393 e. The first kappa shape index (κ1) is 12.0. The molecule has 1 saturated heterocycles. The van der Waals surface area contributed by atoms with Crippen LogP contribution < -0.4 is 0 Å². The molecule has 0 bridgehead atoms. The minimum absolute atomic E-state index is 0.0249. The molecule has 2 heteroatoms. The van der Waals surface area contributed by atoms with Gasteiger partial charge in [0.2, 0.25) is 0 Å². The van der Waals surface area contributed by atoms with E-state index in [0.29, 0.717) is 17.4 Å². The van der Waals surface area contributed by atoms with Crippen LogP contribution in [-0.2, 0) is 4.74 Å². The van der Waals surface area contributed by atoms with Crippen LogP contribution in [0.5, 0.6) is 0 Å². The van der Waals surface area contributed by atoms with Gasteiger partial charge in [-0.1, -0.05) is 20.3 Å². The molecule has 0 aromatic heterocycles. The maximum atomic E-state index is 10.2. The van der Waals surface area contributed by atoms with Crippen LogP contribution in [0.25, 0.3) is 0 Å². The highest BCUT2D eigenvalue weighted by Gasteiger charge is 2.52. The molecular formula is C15H26O2. The van der Waals surface area contributed by atoms with E-state index in [-0.39, 0.29) is 6.10 Å². The zero-order valence-electron chi connectivity index (χ0n) is 11.2. The lowest BCUT2D eigenvalue weighted by atomic mass is 9.61. The fourth-order valence-corrected chi connectivity index (χ4v) is 4.91. The van der Waals surface area contributed by atoms with E-state index < -0.39 is 0 Å². The lowest BCUT2D eigenvalue weighted by Gasteiger charge is -2.45. The van der Waals surface area contributed by atoms with Crippen molar-refractivity contribution in [2.45, 2.75) is 64.6 Å². The van der Waals surface area contributed by atoms with Crippen molar-refractivity contribution < 1.29 is 9.84 Å². The van der Waals surface area contributed by atoms with E-state index in [1.165, 1.54) is 32.1 Å². The molecule has 6 unspecified atom stereocenters. The number of rotatable bonds is 3. The van der Waals surface area contributed by atoms with Crippen LogP contribution in [0, 0.1) is 23.2 Å². The number of aliphatic hydroxyl groups excluding tert-OH is 1. The Hall–Kier alpha value is -0.0800. The molecule has 0 spiro atoms. The lowest BCUT2D eigenvalue weighted by molar-refractivity contribution is -0.0281. The molecule has 3 aliphatic rings. The van der Waals surface area contributed by atoms with Crippen molar-refractivity contribution in [2.24, 2.45) is 23.2 Å². The van der Waals surface area contributed by atoms with Crippen molar-refractivity contribution >= 4 is 0 Å². The van der Waals surface area contributed by atoms with Crippen molar-refractivity contribution in [1.29, 1.82) is 0 Å². The predicted molar refractivity (Wildman–Crippen MR) is 67.7 cm³/mol. The Kier molecular flexibility index (Phi) is 2.99. The summed E-state index contributed by atoms with van der Waals surface area (Å²) >= 11 is 0. The van der Waals surface area contributed by atoms with Gasteiger partial charge in [0.25, 0.3) is 0 Å². The highest BCUT2D eigenvalue weighted by molar-refractivity contribution is 5.02. The topological polar surface area (TPSA) is 32.8 Å². The molecule has 6 atom stereocenters. The van der Waals surface area contributed by atoms with E-state index in [9.17, 15) is 5.11 Å². The van der Waals surface area contributed by atoms with Gasteiger partial charge < -0.3 is 9.84 Å². The molecule has 3 fully saturated rings. The summed E-state index contributed by atoms with van der Waals surface area (Å²) in [4.78, 5) is 0. The van der Waals surface area contributed by atoms with Gasteiger partial charge in [-0.05, 0) is 55.3 Å². The van der Waals surface area contributed by atoms with Crippen molar-refractivity contribution in [3.8, 4) is 0 Å². The first-order valence-electron chi connectivity index (χ1n) is 7.41. The molecule has 2 saturated carbocycles. The summed E-state index contributed by atoms with van der Waals surface area (Å²) in [6.07, 6.45) is 7.93. The van der Waals surface area contributed by atoms with Crippen LogP contribution in [0.4, 0.5) is 0 Å². The van der Waals surface area contributed by atoms with Gasteiger partial charge in [0.15, 0.2) is 0 Å². The molecular weight excluding hydrogens is 212 g/mol. The number of epoxide rings is 1. The fourth-order valence-electron chi connectivity index (χ4n) is 4.91. The van der Waals surface area contributed by atoms with Gasteiger partial charge in [0.05, 0.1) is 18.8 Å². The maximum absolute atomic E-state index is 10.2. The summed E-state index contributed by atoms with van der Waals surface area (Å²) in [6, 6.07) is 0. The quantitative estimate of drug-likeness (QED) is 0.767. The Morgan fingerprint density at radius 2 is 2.12 bits per heavy atom. The van der Waals surface area contributed by atoms with E-state index in [0.717, 1.165) is 24.9 Å². The van der Waals surface area contributed by atoms with Crippen molar-refractivity contribution in [1.82, 2.24) is 0 Å². The Bertz CT molecular complexity index is 287. The number of hydrogen-bond donors (Lipinski definition) is 1. The highest BCUT2D eigenvalue weighted by Crippen LogP contribution is 2.58. The molecule has 1 N–H and O–H groups in total. The standard InChI is InChI=1S/C15H26O2/c1-10(8-11-9-17-11)12-5-6-13-14(16)4-3-7-15(12,13)2/h10-14,16H,3-9H2,1-2H3. The summed E-state index contributed by atoms with van der Waals surface area (Å²) in [5.41, 5.74) is 0.409. The molecule has 1 heterocycles. The maximum Gasteiger partial charge on any atom is 0.0812 e. The molecule has 17 heavy (non-hydrogen) atoms. The lowest BCUT2D eigenvalue weighted by Crippen LogP contribution is -2.41. The van der Waals surface area contributed by atoms with Gasteiger partial charge in [-0.25, -0.2) is 0 Å². The van der Waals surface area contributed by atoms with Crippen LogP contribution >= 0.6 is 0 Å². The zero-order chi connectivity index (χ0) is 12.0. The Morgan fingerprint density at radius 1 is 1.35 bits per heavy atom. The molecule has 1 aliphatic heterocycles. The summed E-state index contributed by atoms with van der Waals surface area (Å²) in [7, 11) is 0. The monoisotopic (exact) mass is 238 g/mol. The SMILES string of the molecule is CC(CC1CO1)C1CCC2C(O)CCCC12C. The predicted octanol–water partition coefficient (Wildman–Crippen LogP) is 2.99. The third-order valence-electron chi connectivity index (χ3n) is 5.89. The average molecular weight is 238 g/mol. The first-order chi connectivity index (χ1) is 8.11. The fraction of sp³-hybridized carbons (Fsp3) is 1.00. The van der Waals surface area contributed by atoms with Gasteiger partial charge in [0, 0.05) is 0 Å². The number of ether oxygens (including phenoxy) is 1. The highest BCUT2D eigenvalue weighted by atomic mass is 16.6. The molecule has 0 aromatic carbocycles. The van der Waals surface area contributed by atoms with Gasteiger partial charge in [-0.15, -0.1) is 0 Å². The second-order valence-electron chi connectivity index (χ2n) is 6.92. The summed E-state index contributed by atoms with van der Waals surface area (Å²) < 4.78 is 5.38. The minimum atomic E-state index is -0.0249. The van der Waals surface area contributed by atoms with E-state index in [1.807, 2.05) is 0 Å². The minimum Gasteiger partial charge on any atom is -0.393 e. The summed E-state index contributed by atoms with van der Waals surface area (Å²) in [5.74, 6) is 2.15. The molecule has 2 aliphatic carbocycles. The summed E-state index contributed by atoms with van der Waals surface area (Å²) in [5, 5.41) is 10.2. The molecule has 3 rings (SSSR count). The van der Waals surface area contributed by atoms with Gasteiger partial charge in [0.1, 0.15) is 0 Å². The van der Waals surface area contributed by atoms with Crippen LogP contribution in [0.2, 0.25) is 0 Å². The molecule has 0 amide bonds. The van der Waals surface area contributed by atoms with Gasteiger partial charge >= 0.3 is 0 Å². The van der Waals surface area contributed by atoms with Crippen molar-refractivity contribution in [2.75, 3.05) is 6.61 Å². The van der Waals surface area contributed by atoms with Gasteiger partial charge in [-0.3, -0.25) is 0 Å². The molecule has 98 valence electrons. The van der Waals surface area contributed by atoms with Crippen molar-refractivity contribution in [3.63, 3.8) is 0 Å². The second kappa shape index (κ2) is 4.24. The van der Waals surface area contributed by atoms with Crippen LogP contribution in [-0.4, -0.2) is 23.9 Å². The van der Waals surface area contributed by atoms with E-state index >= 15 is 0 Å². The average Bonchev–Trinajstić information content (AvgIpc) is 2.99. The van der Waals surface area contributed by atoms with Crippen LogP contribution in [0.1, 0.15) is 52.4 Å². The first-order valence-corrected chi connectivity index (χ1v) is 7.41.